The van der Waals surface area contributed by atoms with E-state index in [1.54, 1.807) is 35.4 Å². The molecule has 0 spiro atoms. The van der Waals surface area contributed by atoms with E-state index in [4.69, 9.17) is 5.26 Å². The highest BCUT2D eigenvalue weighted by Crippen LogP contribution is 2.34. The lowest BCUT2D eigenvalue weighted by atomic mass is 10.0. The number of alkyl halides is 6. The molecule has 1 aliphatic rings. The first-order valence-corrected chi connectivity index (χ1v) is 10.2. The third kappa shape index (κ3) is 4.99. The van der Waals surface area contributed by atoms with E-state index in [1.165, 1.54) is 0 Å². The van der Waals surface area contributed by atoms with Crippen LogP contribution < -0.4 is 4.90 Å². The van der Waals surface area contributed by atoms with E-state index in [0.717, 1.165) is 22.6 Å². The molecule has 3 aromatic rings. The molecule has 12 heteroatoms. The van der Waals surface area contributed by atoms with Crippen molar-refractivity contribution >= 4 is 5.82 Å². The molecule has 0 saturated carbocycles. The maximum atomic E-state index is 13.9. The summed E-state index contributed by atoms with van der Waals surface area (Å²) in [7, 11) is 0. The standard InChI is InChI=1S/C22H18F6N6/c23-21(24,25)17-5-6-19(30-11-17)34-8-7-33(13-18(34)22(26,27)28)12-16-10-31-32-20(16)15-3-1-14(9-29)2-4-15/h1-6,10-11,18H,7-8,12-13H2,(H,31,32)/t18-/m1/s1. The zero-order valence-corrected chi connectivity index (χ0v) is 17.5. The van der Waals surface area contributed by atoms with Crippen molar-refractivity contribution in [2.45, 2.75) is 24.9 Å². The van der Waals surface area contributed by atoms with E-state index < -0.39 is 24.0 Å². The topological polar surface area (TPSA) is 71.8 Å². The van der Waals surface area contributed by atoms with Gasteiger partial charge in [0, 0.05) is 37.9 Å². The number of pyridine rings is 1. The van der Waals surface area contributed by atoms with E-state index in [2.05, 4.69) is 15.2 Å². The Bertz CT molecular complexity index is 1160. The summed E-state index contributed by atoms with van der Waals surface area (Å²) in [5.41, 5.74) is 1.53. The fourth-order valence-corrected chi connectivity index (χ4v) is 3.89. The first-order valence-electron chi connectivity index (χ1n) is 10.2. The van der Waals surface area contributed by atoms with Gasteiger partial charge in [0.15, 0.2) is 0 Å². The average Bonchev–Trinajstić information content (AvgIpc) is 3.26. The lowest BCUT2D eigenvalue weighted by Crippen LogP contribution is -2.59. The normalized spacial score (nSPS) is 17.6. The monoisotopic (exact) mass is 480 g/mol. The van der Waals surface area contributed by atoms with Crippen molar-refractivity contribution < 1.29 is 26.3 Å². The van der Waals surface area contributed by atoms with Gasteiger partial charge in [-0.2, -0.15) is 36.7 Å². The molecule has 1 fully saturated rings. The molecule has 0 aliphatic carbocycles. The molecule has 0 bridgehead atoms. The van der Waals surface area contributed by atoms with Crippen molar-refractivity contribution in [1.29, 1.82) is 5.26 Å². The van der Waals surface area contributed by atoms with E-state index in [9.17, 15) is 26.3 Å². The van der Waals surface area contributed by atoms with E-state index in [0.29, 0.717) is 23.0 Å². The minimum Gasteiger partial charge on any atom is -0.342 e. The summed E-state index contributed by atoms with van der Waals surface area (Å²) in [6.45, 7) is -0.0171. The molecule has 1 aliphatic heterocycles. The molecule has 0 unspecified atom stereocenters. The minimum absolute atomic E-state index is 0.0629. The number of rotatable bonds is 4. The van der Waals surface area contributed by atoms with Gasteiger partial charge in [-0.25, -0.2) is 4.98 Å². The molecule has 0 amide bonds. The zero-order valence-electron chi connectivity index (χ0n) is 17.5. The third-order valence-corrected chi connectivity index (χ3v) is 5.63. The highest BCUT2D eigenvalue weighted by molar-refractivity contribution is 5.63. The van der Waals surface area contributed by atoms with Gasteiger partial charge in [0.25, 0.3) is 0 Å². The quantitative estimate of drug-likeness (QED) is 0.552. The third-order valence-electron chi connectivity index (χ3n) is 5.63. The largest absolute Gasteiger partial charge is 0.417 e. The van der Waals surface area contributed by atoms with Crippen LogP contribution in [0, 0.1) is 11.3 Å². The number of H-pyrrole nitrogens is 1. The Hall–Kier alpha value is -3.59. The number of nitrogens with one attached hydrogen (secondary N) is 1. The van der Waals surface area contributed by atoms with Gasteiger partial charge in [0.2, 0.25) is 0 Å². The van der Waals surface area contributed by atoms with Crippen LogP contribution in [0.1, 0.15) is 16.7 Å². The fraction of sp³-hybridized carbons (Fsp3) is 0.318. The Morgan fingerprint density at radius 3 is 2.32 bits per heavy atom. The van der Waals surface area contributed by atoms with Crippen LogP contribution >= 0.6 is 0 Å². The smallest absolute Gasteiger partial charge is 0.342 e. The SMILES string of the molecule is N#Cc1ccc(-c2[nH]ncc2CN2CCN(c3ccc(C(F)(F)F)cn3)[C@@H](C(F)(F)F)C2)cc1. The summed E-state index contributed by atoms with van der Waals surface area (Å²) < 4.78 is 80.0. The number of hydrogen-bond acceptors (Lipinski definition) is 5. The highest BCUT2D eigenvalue weighted by Gasteiger charge is 2.47. The van der Waals surface area contributed by atoms with E-state index in [1.807, 2.05) is 6.07 Å². The summed E-state index contributed by atoms with van der Waals surface area (Å²) in [5, 5.41) is 15.8. The van der Waals surface area contributed by atoms with Crippen LogP contribution in [-0.4, -0.2) is 51.9 Å². The molecule has 0 radical (unpaired) electrons. The molecule has 1 atom stereocenters. The van der Waals surface area contributed by atoms with Crippen LogP contribution in [0.4, 0.5) is 32.2 Å². The second kappa shape index (κ2) is 8.98. The molecular weight excluding hydrogens is 462 g/mol. The van der Waals surface area contributed by atoms with Crippen LogP contribution in [0.15, 0.2) is 48.8 Å². The Kier molecular flexibility index (Phi) is 6.22. The van der Waals surface area contributed by atoms with Crippen LogP contribution in [0.3, 0.4) is 0 Å². The number of aromatic nitrogens is 3. The van der Waals surface area contributed by atoms with Gasteiger partial charge in [-0.15, -0.1) is 0 Å². The number of piperazine rings is 1. The first-order chi connectivity index (χ1) is 16.1. The van der Waals surface area contributed by atoms with Gasteiger partial charge >= 0.3 is 12.4 Å². The van der Waals surface area contributed by atoms with E-state index in [-0.39, 0.29) is 32.0 Å². The molecule has 3 heterocycles. The Labute approximate surface area is 190 Å². The van der Waals surface area contributed by atoms with Crippen molar-refractivity contribution in [2.75, 3.05) is 24.5 Å². The first kappa shape index (κ1) is 23.6. The second-order valence-corrected chi connectivity index (χ2v) is 7.85. The summed E-state index contributed by atoms with van der Waals surface area (Å²) in [4.78, 5) is 6.27. The van der Waals surface area contributed by atoms with Gasteiger partial charge in [-0.3, -0.25) is 10.00 Å². The van der Waals surface area contributed by atoms with Crippen LogP contribution in [0.2, 0.25) is 0 Å². The Morgan fingerprint density at radius 2 is 1.74 bits per heavy atom. The van der Waals surface area contributed by atoms with Crippen molar-refractivity contribution in [3.05, 3.63) is 65.5 Å². The lowest BCUT2D eigenvalue weighted by molar-refractivity contribution is -0.157. The van der Waals surface area contributed by atoms with Crippen LogP contribution in [-0.2, 0) is 12.7 Å². The molecule has 4 rings (SSSR count). The van der Waals surface area contributed by atoms with Gasteiger partial charge in [0.1, 0.15) is 11.9 Å². The fourth-order valence-electron chi connectivity index (χ4n) is 3.89. The van der Waals surface area contributed by atoms with Gasteiger partial charge in [-0.1, -0.05) is 12.1 Å². The number of benzene rings is 1. The summed E-state index contributed by atoms with van der Waals surface area (Å²) >= 11 is 0. The number of nitriles is 1. The van der Waals surface area contributed by atoms with Crippen molar-refractivity contribution in [1.82, 2.24) is 20.1 Å². The van der Waals surface area contributed by atoms with Crippen LogP contribution in [0.25, 0.3) is 11.3 Å². The average molecular weight is 480 g/mol. The minimum atomic E-state index is -4.62. The number of aromatic amines is 1. The molecule has 1 saturated heterocycles. The number of hydrogen-bond donors (Lipinski definition) is 1. The van der Waals surface area contributed by atoms with E-state index >= 15 is 0 Å². The highest BCUT2D eigenvalue weighted by atomic mass is 19.4. The van der Waals surface area contributed by atoms with Crippen molar-refractivity contribution in [2.24, 2.45) is 0 Å². The predicted octanol–water partition coefficient (Wildman–Crippen LogP) is 4.62. The summed E-state index contributed by atoms with van der Waals surface area (Å²) in [5.74, 6) is -0.156. The van der Waals surface area contributed by atoms with Gasteiger partial charge in [-0.05, 0) is 29.8 Å². The predicted molar refractivity (Wildman–Crippen MR) is 110 cm³/mol. The molecule has 1 aromatic carbocycles. The molecule has 1 N–H and O–H groups in total. The maximum absolute atomic E-state index is 13.9. The number of nitrogens with zero attached hydrogens (tertiary/aromatic N) is 5. The zero-order chi connectivity index (χ0) is 24.5. The van der Waals surface area contributed by atoms with Crippen molar-refractivity contribution in [3.8, 4) is 17.3 Å². The Morgan fingerprint density at radius 1 is 1.00 bits per heavy atom. The summed E-state index contributed by atoms with van der Waals surface area (Å²) in [6.07, 6.45) is -7.15. The van der Waals surface area contributed by atoms with Crippen LogP contribution in [0.5, 0.6) is 0 Å². The molecule has 2 aromatic heterocycles. The lowest BCUT2D eigenvalue weighted by Gasteiger charge is -2.42. The van der Waals surface area contributed by atoms with Gasteiger partial charge < -0.3 is 4.90 Å². The molecule has 178 valence electrons. The van der Waals surface area contributed by atoms with Crippen molar-refractivity contribution in [3.63, 3.8) is 0 Å². The molecule has 34 heavy (non-hydrogen) atoms. The molecular formula is C22H18F6N6. The number of anilines is 1. The summed E-state index contributed by atoms with van der Waals surface area (Å²) in [6, 6.07) is 8.51. The number of halogens is 6. The van der Waals surface area contributed by atoms with Gasteiger partial charge in [0.05, 0.1) is 29.1 Å². The Balaban J connectivity index is 1.52. The molecule has 6 nitrogen and oxygen atoms in total. The maximum Gasteiger partial charge on any atom is 0.417 e. The second-order valence-electron chi connectivity index (χ2n) is 7.85.